The minimum atomic E-state index is 0. The number of halogens is 2. The summed E-state index contributed by atoms with van der Waals surface area (Å²) in [6, 6.07) is 8.86. The van der Waals surface area contributed by atoms with Gasteiger partial charge in [-0.2, -0.15) is 0 Å². The van der Waals surface area contributed by atoms with E-state index in [2.05, 4.69) is 35.3 Å². The molecule has 19 heavy (non-hydrogen) atoms. The summed E-state index contributed by atoms with van der Waals surface area (Å²) >= 11 is 0. The Morgan fingerprint density at radius 3 is 2.42 bits per heavy atom. The second-order valence-corrected chi connectivity index (χ2v) is 4.45. The van der Waals surface area contributed by atoms with Gasteiger partial charge in [-0.1, -0.05) is 25.1 Å². The molecule has 0 spiro atoms. The van der Waals surface area contributed by atoms with E-state index in [9.17, 15) is 0 Å². The lowest BCUT2D eigenvalue weighted by molar-refractivity contribution is 0.166. The van der Waals surface area contributed by atoms with E-state index in [1.165, 1.54) is 5.56 Å². The fourth-order valence-corrected chi connectivity index (χ4v) is 2.61. The number of hydrogen-bond acceptors (Lipinski definition) is 3. The number of nitrogens with one attached hydrogen (secondary N) is 1. The lowest BCUT2D eigenvalue weighted by Gasteiger charge is -2.35. The summed E-state index contributed by atoms with van der Waals surface area (Å²) in [7, 11) is 1.75. The Bertz CT molecular complexity index is 357. The van der Waals surface area contributed by atoms with Crippen LogP contribution >= 0.6 is 24.8 Å². The monoisotopic (exact) mass is 306 g/mol. The van der Waals surface area contributed by atoms with Crippen molar-refractivity contribution in [3.63, 3.8) is 0 Å². The molecule has 1 fully saturated rings. The molecule has 1 saturated heterocycles. The molecule has 110 valence electrons. The van der Waals surface area contributed by atoms with Crippen LogP contribution in [0.2, 0.25) is 0 Å². The molecule has 3 nitrogen and oxygen atoms in total. The first-order valence-corrected chi connectivity index (χ1v) is 6.44. The molecule has 1 atom stereocenters. The van der Waals surface area contributed by atoms with Gasteiger partial charge in [-0.05, 0) is 12.5 Å². The Kier molecular flexibility index (Phi) is 9.19. The van der Waals surface area contributed by atoms with Crippen molar-refractivity contribution >= 4 is 24.8 Å². The average Bonchev–Trinajstić information content (AvgIpc) is 2.41. The van der Waals surface area contributed by atoms with Crippen LogP contribution in [0.25, 0.3) is 0 Å². The molecule has 1 heterocycles. The Morgan fingerprint density at radius 2 is 1.84 bits per heavy atom. The maximum Gasteiger partial charge on any atom is 0.123 e. The van der Waals surface area contributed by atoms with Crippen molar-refractivity contribution in [3.8, 4) is 5.75 Å². The zero-order valence-corrected chi connectivity index (χ0v) is 13.2. The zero-order valence-electron chi connectivity index (χ0n) is 11.6. The molecule has 0 aliphatic carbocycles. The predicted octanol–water partition coefficient (Wildman–Crippen LogP) is 2.90. The number of ether oxygens (including phenoxy) is 1. The molecule has 1 aliphatic rings. The van der Waals surface area contributed by atoms with E-state index in [0.29, 0.717) is 6.04 Å². The molecule has 0 aromatic heterocycles. The van der Waals surface area contributed by atoms with Gasteiger partial charge in [0.15, 0.2) is 0 Å². The summed E-state index contributed by atoms with van der Waals surface area (Å²) in [4.78, 5) is 2.55. The second kappa shape index (κ2) is 9.43. The molecule has 0 bridgehead atoms. The summed E-state index contributed by atoms with van der Waals surface area (Å²) < 4.78 is 5.48. The zero-order chi connectivity index (χ0) is 12.1. The molecule has 0 saturated carbocycles. The normalized spacial score (nSPS) is 16.9. The highest BCUT2D eigenvalue weighted by molar-refractivity contribution is 5.85. The minimum absolute atomic E-state index is 0. The molecular weight excluding hydrogens is 283 g/mol. The number of benzene rings is 1. The molecule has 1 aromatic rings. The smallest absolute Gasteiger partial charge is 0.123 e. The van der Waals surface area contributed by atoms with Gasteiger partial charge >= 0.3 is 0 Å². The Morgan fingerprint density at radius 1 is 1.21 bits per heavy atom. The van der Waals surface area contributed by atoms with Crippen LogP contribution < -0.4 is 10.1 Å². The van der Waals surface area contributed by atoms with E-state index in [-0.39, 0.29) is 24.8 Å². The topological polar surface area (TPSA) is 24.5 Å². The Labute approximate surface area is 128 Å². The Balaban J connectivity index is 0.00000162. The molecule has 5 heteroatoms. The van der Waals surface area contributed by atoms with Gasteiger partial charge in [-0.25, -0.2) is 0 Å². The van der Waals surface area contributed by atoms with E-state index < -0.39 is 0 Å². The van der Waals surface area contributed by atoms with E-state index in [1.807, 2.05) is 6.07 Å². The summed E-state index contributed by atoms with van der Waals surface area (Å²) in [5.74, 6) is 1.01. The van der Waals surface area contributed by atoms with Crippen LogP contribution in [0.3, 0.4) is 0 Å². The molecular formula is C14H24Cl2N2O. The van der Waals surface area contributed by atoms with Gasteiger partial charge in [0.2, 0.25) is 0 Å². The standard InChI is InChI=1S/C14H22N2O.2ClH/c1-3-13(16-10-8-15-9-11-16)12-6-4-5-7-14(12)17-2;;/h4-7,13,15H,3,8-11H2,1-2H3;2*1H/t13-;;/m1../s1. The van der Waals surface area contributed by atoms with Gasteiger partial charge in [0.1, 0.15) is 5.75 Å². The van der Waals surface area contributed by atoms with Crippen LogP contribution in [0.15, 0.2) is 24.3 Å². The third-order valence-corrected chi connectivity index (χ3v) is 3.48. The van der Waals surface area contributed by atoms with E-state index >= 15 is 0 Å². The summed E-state index contributed by atoms with van der Waals surface area (Å²) in [6.45, 7) is 6.67. The molecule has 2 rings (SSSR count). The number of piperazine rings is 1. The van der Waals surface area contributed by atoms with Crippen molar-refractivity contribution in [2.45, 2.75) is 19.4 Å². The number of methoxy groups -OCH3 is 1. The number of para-hydroxylation sites is 1. The lowest BCUT2D eigenvalue weighted by Crippen LogP contribution is -2.45. The van der Waals surface area contributed by atoms with Crippen LogP contribution in [0.1, 0.15) is 24.9 Å². The fourth-order valence-electron chi connectivity index (χ4n) is 2.61. The van der Waals surface area contributed by atoms with Gasteiger partial charge in [-0.15, -0.1) is 24.8 Å². The number of hydrogen-bond donors (Lipinski definition) is 1. The van der Waals surface area contributed by atoms with Gasteiger partial charge in [-0.3, -0.25) is 4.90 Å². The van der Waals surface area contributed by atoms with E-state index in [1.54, 1.807) is 7.11 Å². The minimum Gasteiger partial charge on any atom is -0.496 e. The van der Waals surface area contributed by atoms with Gasteiger partial charge < -0.3 is 10.1 Å². The summed E-state index contributed by atoms with van der Waals surface area (Å²) in [6.07, 6.45) is 1.13. The SMILES string of the molecule is CC[C@H](c1ccccc1OC)N1CCNCC1.Cl.Cl. The molecule has 0 amide bonds. The Hall–Kier alpha value is -0.480. The first-order chi connectivity index (χ1) is 8.36. The van der Waals surface area contributed by atoms with Crippen LogP contribution in [-0.2, 0) is 0 Å². The first-order valence-electron chi connectivity index (χ1n) is 6.44. The van der Waals surface area contributed by atoms with Gasteiger partial charge in [0, 0.05) is 37.8 Å². The van der Waals surface area contributed by atoms with Crippen LogP contribution in [0.4, 0.5) is 0 Å². The van der Waals surface area contributed by atoms with E-state index in [0.717, 1.165) is 38.3 Å². The maximum absolute atomic E-state index is 5.48. The van der Waals surface area contributed by atoms with Crippen LogP contribution in [-0.4, -0.2) is 38.2 Å². The molecule has 0 radical (unpaired) electrons. The summed E-state index contributed by atoms with van der Waals surface area (Å²) in [5.41, 5.74) is 1.32. The van der Waals surface area contributed by atoms with Crippen molar-refractivity contribution in [3.05, 3.63) is 29.8 Å². The number of rotatable bonds is 4. The third-order valence-electron chi connectivity index (χ3n) is 3.48. The van der Waals surface area contributed by atoms with Crippen molar-refractivity contribution in [2.75, 3.05) is 33.3 Å². The van der Waals surface area contributed by atoms with Crippen molar-refractivity contribution in [1.82, 2.24) is 10.2 Å². The van der Waals surface area contributed by atoms with Gasteiger partial charge in [0.25, 0.3) is 0 Å². The molecule has 0 unspecified atom stereocenters. The van der Waals surface area contributed by atoms with Gasteiger partial charge in [0.05, 0.1) is 7.11 Å². The highest BCUT2D eigenvalue weighted by atomic mass is 35.5. The largest absolute Gasteiger partial charge is 0.496 e. The second-order valence-electron chi connectivity index (χ2n) is 4.45. The van der Waals surface area contributed by atoms with Crippen molar-refractivity contribution in [1.29, 1.82) is 0 Å². The fraction of sp³-hybridized carbons (Fsp3) is 0.571. The van der Waals surface area contributed by atoms with Crippen molar-refractivity contribution < 1.29 is 4.74 Å². The highest BCUT2D eigenvalue weighted by Crippen LogP contribution is 2.31. The van der Waals surface area contributed by atoms with Crippen LogP contribution in [0.5, 0.6) is 5.75 Å². The van der Waals surface area contributed by atoms with Crippen molar-refractivity contribution in [2.24, 2.45) is 0 Å². The third kappa shape index (κ3) is 4.53. The first kappa shape index (κ1) is 18.5. The lowest BCUT2D eigenvalue weighted by atomic mass is 10.0. The quantitative estimate of drug-likeness (QED) is 0.926. The molecule has 1 aliphatic heterocycles. The predicted molar refractivity (Wildman–Crippen MR) is 85.0 cm³/mol. The van der Waals surface area contributed by atoms with Crippen LogP contribution in [0, 0.1) is 0 Å². The summed E-state index contributed by atoms with van der Waals surface area (Å²) in [5, 5.41) is 3.40. The molecule has 1 aromatic carbocycles. The molecule has 1 N–H and O–H groups in total. The highest BCUT2D eigenvalue weighted by Gasteiger charge is 2.22. The number of nitrogens with zero attached hydrogens (tertiary/aromatic N) is 1. The average molecular weight is 307 g/mol. The van der Waals surface area contributed by atoms with E-state index in [4.69, 9.17) is 4.74 Å². The maximum atomic E-state index is 5.48.